The third-order valence-corrected chi connectivity index (χ3v) is 6.02. The Labute approximate surface area is 194 Å². The Morgan fingerprint density at radius 2 is 2.00 bits per heavy atom. The molecule has 2 aromatic carbocycles. The lowest BCUT2D eigenvalue weighted by Gasteiger charge is -2.32. The molecular formula is C26H31N3O4. The fourth-order valence-corrected chi connectivity index (χ4v) is 4.21. The van der Waals surface area contributed by atoms with Crippen LogP contribution in [0.15, 0.2) is 54.9 Å². The number of pyridine rings is 1. The van der Waals surface area contributed by atoms with Crippen molar-refractivity contribution >= 4 is 16.7 Å². The van der Waals surface area contributed by atoms with Gasteiger partial charge in [-0.2, -0.15) is 0 Å². The molecule has 0 unspecified atom stereocenters. The van der Waals surface area contributed by atoms with Crippen LogP contribution in [-0.4, -0.2) is 62.4 Å². The van der Waals surface area contributed by atoms with E-state index in [1.165, 1.54) is 16.3 Å². The Morgan fingerprint density at radius 1 is 1.15 bits per heavy atom. The minimum atomic E-state index is -0.174. The van der Waals surface area contributed by atoms with Gasteiger partial charge in [-0.1, -0.05) is 18.2 Å². The minimum Gasteiger partial charge on any atom is -0.497 e. The van der Waals surface area contributed by atoms with Crippen LogP contribution in [0.5, 0.6) is 11.5 Å². The molecule has 0 spiro atoms. The summed E-state index contributed by atoms with van der Waals surface area (Å²) >= 11 is 0. The zero-order chi connectivity index (χ0) is 23.0. The molecule has 0 bridgehead atoms. The molecule has 0 radical (unpaired) electrons. The summed E-state index contributed by atoms with van der Waals surface area (Å²) in [6, 6.07) is 13.8. The highest BCUT2D eigenvalue weighted by Gasteiger charge is 2.23. The Bertz CT molecular complexity index is 1070. The molecule has 0 aliphatic carbocycles. The molecule has 33 heavy (non-hydrogen) atoms. The van der Waals surface area contributed by atoms with Crippen molar-refractivity contribution in [1.29, 1.82) is 0 Å². The van der Waals surface area contributed by atoms with Crippen molar-refractivity contribution in [2.24, 2.45) is 0 Å². The second-order valence-electron chi connectivity index (χ2n) is 8.22. The molecule has 7 heteroatoms. The molecule has 0 atom stereocenters. The molecule has 3 aromatic rings. The Hall–Kier alpha value is -3.16. The monoisotopic (exact) mass is 449 g/mol. The molecule has 1 amide bonds. The molecule has 1 saturated heterocycles. The third-order valence-electron chi connectivity index (χ3n) is 6.02. The van der Waals surface area contributed by atoms with Crippen molar-refractivity contribution in [3.63, 3.8) is 0 Å². The molecule has 1 N–H and O–H groups in total. The van der Waals surface area contributed by atoms with Gasteiger partial charge in [0.1, 0.15) is 17.6 Å². The Morgan fingerprint density at radius 3 is 2.79 bits per heavy atom. The molecule has 2 heterocycles. The smallest absolute Gasteiger partial charge is 0.255 e. The molecule has 7 nitrogen and oxygen atoms in total. The summed E-state index contributed by atoms with van der Waals surface area (Å²) in [5.41, 5.74) is 1.83. The van der Waals surface area contributed by atoms with Gasteiger partial charge in [-0.3, -0.25) is 14.7 Å². The maximum absolute atomic E-state index is 12.6. The van der Waals surface area contributed by atoms with Crippen LogP contribution in [0.3, 0.4) is 0 Å². The van der Waals surface area contributed by atoms with Crippen molar-refractivity contribution in [3.05, 3.63) is 66.0 Å². The van der Waals surface area contributed by atoms with Crippen molar-refractivity contribution < 1.29 is 19.0 Å². The summed E-state index contributed by atoms with van der Waals surface area (Å²) in [6.07, 6.45) is 5.61. The minimum absolute atomic E-state index is 0.0515. The van der Waals surface area contributed by atoms with Gasteiger partial charge in [0.15, 0.2) is 0 Å². The van der Waals surface area contributed by atoms with Crippen LogP contribution in [0.1, 0.15) is 28.8 Å². The molecular weight excluding hydrogens is 418 g/mol. The Kier molecular flexibility index (Phi) is 7.75. The highest BCUT2D eigenvalue weighted by molar-refractivity contribution is 5.97. The van der Waals surface area contributed by atoms with Gasteiger partial charge in [0.2, 0.25) is 0 Å². The van der Waals surface area contributed by atoms with Gasteiger partial charge in [-0.15, -0.1) is 0 Å². The lowest BCUT2D eigenvalue weighted by Crippen LogP contribution is -2.38. The summed E-state index contributed by atoms with van der Waals surface area (Å²) in [5, 5.41) is 5.29. The molecule has 1 aliphatic heterocycles. The van der Waals surface area contributed by atoms with Gasteiger partial charge in [0.05, 0.1) is 19.3 Å². The summed E-state index contributed by atoms with van der Waals surface area (Å²) in [6.45, 7) is 3.69. The number of nitrogens with zero attached hydrogens (tertiary/aromatic N) is 2. The first-order valence-corrected chi connectivity index (χ1v) is 11.3. The van der Waals surface area contributed by atoms with E-state index >= 15 is 0 Å². The molecule has 4 rings (SSSR count). The van der Waals surface area contributed by atoms with Crippen LogP contribution in [0, 0.1) is 0 Å². The standard InChI is InChI=1S/C26H31N3O4/c1-31-15-12-28-26(30)24-7-6-22(32-2)16-25(24)33-21-9-13-29(14-10-21)18-20-5-3-4-19-17-27-11-8-23(19)20/h3-8,11,16-17,21H,9-10,12-15,18H2,1-2H3,(H,28,30). The first kappa shape index (κ1) is 23.0. The number of methoxy groups -OCH3 is 2. The number of aromatic nitrogens is 1. The van der Waals surface area contributed by atoms with Crippen LogP contribution >= 0.6 is 0 Å². The van der Waals surface area contributed by atoms with Crippen LogP contribution in [-0.2, 0) is 11.3 Å². The fourth-order valence-electron chi connectivity index (χ4n) is 4.21. The number of hydrogen-bond donors (Lipinski definition) is 1. The second-order valence-corrected chi connectivity index (χ2v) is 8.22. The number of piperidine rings is 1. The molecule has 174 valence electrons. The fraction of sp³-hybridized carbons (Fsp3) is 0.385. The number of benzene rings is 2. The lowest BCUT2D eigenvalue weighted by molar-refractivity contribution is 0.0882. The van der Waals surface area contributed by atoms with Gasteiger partial charge >= 0.3 is 0 Å². The predicted molar refractivity (Wildman–Crippen MR) is 128 cm³/mol. The largest absolute Gasteiger partial charge is 0.497 e. The topological polar surface area (TPSA) is 72.9 Å². The number of ether oxygens (including phenoxy) is 3. The van der Waals surface area contributed by atoms with Crippen LogP contribution < -0.4 is 14.8 Å². The van der Waals surface area contributed by atoms with Crippen molar-refractivity contribution in [3.8, 4) is 11.5 Å². The average Bonchev–Trinajstić information content (AvgIpc) is 2.85. The van der Waals surface area contributed by atoms with Crippen LogP contribution in [0.2, 0.25) is 0 Å². The van der Waals surface area contributed by atoms with E-state index in [1.807, 2.05) is 12.4 Å². The van der Waals surface area contributed by atoms with Gasteiger partial charge in [-0.25, -0.2) is 0 Å². The first-order chi connectivity index (χ1) is 16.2. The number of nitrogens with one attached hydrogen (secondary N) is 1. The third kappa shape index (κ3) is 5.80. The number of fused-ring (bicyclic) bond motifs is 1. The van der Waals surface area contributed by atoms with E-state index in [-0.39, 0.29) is 12.0 Å². The zero-order valence-corrected chi connectivity index (χ0v) is 19.3. The first-order valence-electron chi connectivity index (χ1n) is 11.3. The molecule has 1 aromatic heterocycles. The number of amides is 1. The number of hydrogen-bond acceptors (Lipinski definition) is 6. The SMILES string of the molecule is COCCNC(=O)c1ccc(OC)cc1OC1CCN(Cc2cccc3cnccc23)CC1. The van der Waals surface area contributed by atoms with E-state index in [2.05, 4.69) is 39.5 Å². The van der Waals surface area contributed by atoms with Crippen molar-refractivity contribution in [2.45, 2.75) is 25.5 Å². The van der Waals surface area contributed by atoms with E-state index in [9.17, 15) is 4.79 Å². The maximum atomic E-state index is 12.6. The number of carbonyl (C=O) groups excluding carboxylic acids is 1. The molecule has 1 fully saturated rings. The highest BCUT2D eigenvalue weighted by atomic mass is 16.5. The zero-order valence-electron chi connectivity index (χ0n) is 19.3. The van der Waals surface area contributed by atoms with E-state index in [4.69, 9.17) is 14.2 Å². The quantitative estimate of drug-likeness (QED) is 0.503. The van der Waals surface area contributed by atoms with Gasteiger partial charge in [0.25, 0.3) is 5.91 Å². The summed E-state index contributed by atoms with van der Waals surface area (Å²) in [5.74, 6) is 1.05. The maximum Gasteiger partial charge on any atom is 0.255 e. The summed E-state index contributed by atoms with van der Waals surface area (Å²) in [4.78, 5) is 19.3. The highest BCUT2D eigenvalue weighted by Crippen LogP contribution is 2.28. The van der Waals surface area contributed by atoms with Crippen molar-refractivity contribution in [2.75, 3.05) is 40.5 Å². The summed E-state index contributed by atoms with van der Waals surface area (Å²) in [7, 11) is 3.22. The van der Waals surface area contributed by atoms with Crippen LogP contribution in [0.4, 0.5) is 0 Å². The van der Waals surface area contributed by atoms with E-state index in [1.54, 1.807) is 32.4 Å². The lowest BCUT2D eigenvalue weighted by atomic mass is 10.0. The second kappa shape index (κ2) is 11.1. The summed E-state index contributed by atoms with van der Waals surface area (Å²) < 4.78 is 16.7. The van der Waals surface area contributed by atoms with Gasteiger partial charge < -0.3 is 19.5 Å². The van der Waals surface area contributed by atoms with Gasteiger partial charge in [-0.05, 0) is 42.0 Å². The van der Waals surface area contributed by atoms with E-state index < -0.39 is 0 Å². The number of likely N-dealkylation sites (tertiary alicyclic amines) is 1. The Balaban J connectivity index is 1.38. The normalized spacial score (nSPS) is 14.8. The average molecular weight is 450 g/mol. The van der Waals surface area contributed by atoms with Gasteiger partial charge in [0, 0.05) is 57.1 Å². The van der Waals surface area contributed by atoms with Crippen molar-refractivity contribution in [1.82, 2.24) is 15.2 Å². The number of rotatable bonds is 9. The van der Waals surface area contributed by atoms with Crippen LogP contribution in [0.25, 0.3) is 10.8 Å². The molecule has 0 saturated carbocycles. The van der Waals surface area contributed by atoms with E-state index in [0.29, 0.717) is 30.2 Å². The predicted octanol–water partition coefficient (Wildman–Crippen LogP) is 3.66. The van der Waals surface area contributed by atoms with E-state index in [0.717, 1.165) is 32.5 Å². The molecule has 1 aliphatic rings. The number of carbonyl (C=O) groups is 1.